The van der Waals surface area contributed by atoms with Gasteiger partial charge in [0, 0.05) is 42.1 Å². The average molecular weight is 383 g/mol. The Morgan fingerprint density at radius 1 is 1.03 bits per heavy atom. The Morgan fingerprint density at radius 3 is 2.52 bits per heavy atom. The third-order valence-electron chi connectivity index (χ3n) is 5.18. The molecule has 0 saturated carbocycles. The highest BCUT2D eigenvalue weighted by Crippen LogP contribution is 2.37. The van der Waals surface area contributed by atoms with Crippen molar-refractivity contribution in [3.8, 4) is 17.9 Å². The first-order chi connectivity index (χ1) is 14.1. The largest absolute Gasteiger partial charge is 0.462 e. The zero-order valence-electron chi connectivity index (χ0n) is 16.5. The van der Waals surface area contributed by atoms with Crippen LogP contribution in [-0.4, -0.2) is 13.1 Å². The first-order valence-electron chi connectivity index (χ1n) is 9.67. The van der Waals surface area contributed by atoms with Crippen molar-refractivity contribution in [2.24, 2.45) is 0 Å². The number of ether oxygens (including phenoxy) is 2. The molecule has 0 unspecified atom stereocenters. The van der Waals surface area contributed by atoms with E-state index < -0.39 is 0 Å². The fourth-order valence-electron chi connectivity index (χ4n) is 3.78. The van der Waals surface area contributed by atoms with Crippen LogP contribution in [-0.2, 0) is 4.74 Å². The number of benzene rings is 1. The number of nitriles is 2. The van der Waals surface area contributed by atoms with Crippen molar-refractivity contribution in [3.05, 3.63) is 76.5 Å². The normalized spacial score (nSPS) is 19.2. The summed E-state index contributed by atoms with van der Waals surface area (Å²) in [5.74, 6) is 2.63. The molecule has 0 spiro atoms. The zero-order chi connectivity index (χ0) is 20.4. The Labute approximate surface area is 170 Å². The van der Waals surface area contributed by atoms with E-state index in [1.807, 2.05) is 18.2 Å². The number of allylic oxidation sites excluding steroid dienone is 8. The number of anilines is 1. The molecular formula is C24H21N3O2. The van der Waals surface area contributed by atoms with Crippen LogP contribution in [0.4, 0.5) is 5.69 Å². The maximum Gasteiger partial charge on any atom is 0.137 e. The molecule has 0 radical (unpaired) electrons. The Kier molecular flexibility index (Phi) is 4.97. The molecule has 144 valence electrons. The second-order valence-corrected chi connectivity index (χ2v) is 7.31. The lowest BCUT2D eigenvalue weighted by Gasteiger charge is -2.23. The summed E-state index contributed by atoms with van der Waals surface area (Å²) in [6.45, 7) is 6.01. The number of fused-ring (bicyclic) bond motifs is 1. The smallest absolute Gasteiger partial charge is 0.137 e. The van der Waals surface area contributed by atoms with Crippen LogP contribution in [0.25, 0.3) is 5.57 Å². The first-order valence-corrected chi connectivity index (χ1v) is 9.67. The predicted octanol–water partition coefficient (Wildman–Crippen LogP) is 5.13. The highest BCUT2D eigenvalue weighted by atomic mass is 16.5. The molecule has 0 atom stereocenters. The highest BCUT2D eigenvalue weighted by Gasteiger charge is 2.19. The van der Waals surface area contributed by atoms with Crippen LogP contribution >= 0.6 is 0 Å². The van der Waals surface area contributed by atoms with E-state index in [4.69, 9.17) is 20.0 Å². The molecule has 0 aliphatic carbocycles. The Morgan fingerprint density at radius 2 is 1.79 bits per heavy atom. The van der Waals surface area contributed by atoms with Gasteiger partial charge in [0.25, 0.3) is 0 Å². The van der Waals surface area contributed by atoms with Crippen LogP contribution < -0.4 is 9.64 Å². The number of hydrogen-bond acceptors (Lipinski definition) is 5. The van der Waals surface area contributed by atoms with Gasteiger partial charge in [-0.3, -0.25) is 0 Å². The Balaban J connectivity index is 1.66. The van der Waals surface area contributed by atoms with Gasteiger partial charge in [0.05, 0.1) is 0 Å². The zero-order valence-corrected chi connectivity index (χ0v) is 16.5. The molecular weight excluding hydrogens is 362 g/mol. The van der Waals surface area contributed by atoms with Gasteiger partial charge in [0.15, 0.2) is 0 Å². The quantitative estimate of drug-likeness (QED) is 0.662. The van der Waals surface area contributed by atoms with Gasteiger partial charge in [-0.2, -0.15) is 10.5 Å². The second-order valence-electron chi connectivity index (χ2n) is 7.31. The average Bonchev–Trinajstić information content (AvgIpc) is 3.23. The van der Waals surface area contributed by atoms with Crippen molar-refractivity contribution >= 4 is 11.3 Å². The van der Waals surface area contributed by atoms with Crippen molar-refractivity contribution in [1.82, 2.24) is 0 Å². The van der Waals surface area contributed by atoms with E-state index in [0.717, 1.165) is 30.0 Å². The van der Waals surface area contributed by atoms with Crippen molar-refractivity contribution < 1.29 is 9.47 Å². The number of nitrogens with zero attached hydrogens (tertiary/aromatic N) is 3. The van der Waals surface area contributed by atoms with E-state index >= 15 is 0 Å². The maximum absolute atomic E-state index is 9.15. The Bertz CT molecular complexity index is 1080. The minimum Gasteiger partial charge on any atom is -0.462 e. The summed E-state index contributed by atoms with van der Waals surface area (Å²) < 4.78 is 11.9. The lowest BCUT2D eigenvalue weighted by molar-refractivity contribution is 0.313. The van der Waals surface area contributed by atoms with Crippen LogP contribution in [0.15, 0.2) is 70.9 Å². The summed E-state index contributed by atoms with van der Waals surface area (Å²) in [6, 6.07) is 10.2. The SMILES string of the molecule is CC1=CC(=C(C#N)C#N)C=C(/C=C2\C=C(C)c3ccc(N4CCCC4)cc3O2)O1. The van der Waals surface area contributed by atoms with E-state index in [1.54, 1.807) is 25.2 Å². The van der Waals surface area contributed by atoms with E-state index in [1.165, 1.54) is 18.5 Å². The van der Waals surface area contributed by atoms with Crippen LogP contribution in [0, 0.1) is 22.7 Å². The standard InChI is InChI=1S/C24H21N3O2/c1-16-9-21(13-22-11-18(10-17(2)28-22)19(14-25)15-26)29-24-12-20(5-6-23(16)24)27-7-3-4-8-27/h5-6,9-13H,3-4,7-8H2,1-2H3/b21-13+. The molecule has 1 fully saturated rings. The van der Waals surface area contributed by atoms with E-state index in [-0.39, 0.29) is 5.57 Å². The van der Waals surface area contributed by atoms with Gasteiger partial charge >= 0.3 is 0 Å². The van der Waals surface area contributed by atoms with Crippen LogP contribution in [0.5, 0.6) is 5.75 Å². The molecule has 4 rings (SSSR count). The van der Waals surface area contributed by atoms with Gasteiger partial charge < -0.3 is 14.4 Å². The summed E-state index contributed by atoms with van der Waals surface area (Å²) in [5.41, 5.74) is 3.97. The van der Waals surface area contributed by atoms with E-state index in [2.05, 4.69) is 30.0 Å². The Hall–Kier alpha value is -3.70. The molecule has 3 heterocycles. The summed E-state index contributed by atoms with van der Waals surface area (Å²) in [4.78, 5) is 2.38. The summed E-state index contributed by atoms with van der Waals surface area (Å²) >= 11 is 0. The maximum atomic E-state index is 9.15. The fourth-order valence-corrected chi connectivity index (χ4v) is 3.78. The molecule has 5 nitrogen and oxygen atoms in total. The van der Waals surface area contributed by atoms with E-state index in [9.17, 15) is 0 Å². The van der Waals surface area contributed by atoms with Crippen molar-refractivity contribution in [1.29, 1.82) is 10.5 Å². The van der Waals surface area contributed by atoms with Gasteiger partial charge in [0.2, 0.25) is 0 Å². The summed E-state index contributed by atoms with van der Waals surface area (Å²) in [7, 11) is 0. The third kappa shape index (κ3) is 3.81. The third-order valence-corrected chi connectivity index (χ3v) is 5.18. The molecule has 29 heavy (non-hydrogen) atoms. The molecule has 1 aromatic rings. The predicted molar refractivity (Wildman–Crippen MR) is 111 cm³/mol. The molecule has 1 saturated heterocycles. The second kappa shape index (κ2) is 7.73. The van der Waals surface area contributed by atoms with Crippen molar-refractivity contribution in [2.75, 3.05) is 18.0 Å². The van der Waals surface area contributed by atoms with Gasteiger partial charge in [-0.15, -0.1) is 0 Å². The molecule has 5 heteroatoms. The molecule has 0 aromatic heterocycles. The van der Waals surface area contributed by atoms with Crippen LogP contribution in [0.1, 0.15) is 32.3 Å². The number of hydrogen-bond donors (Lipinski definition) is 0. The minimum atomic E-state index is 0.0560. The molecule has 0 N–H and O–H groups in total. The monoisotopic (exact) mass is 383 g/mol. The summed E-state index contributed by atoms with van der Waals surface area (Å²) in [6.07, 6.45) is 9.58. The van der Waals surface area contributed by atoms with Gasteiger partial charge in [-0.25, -0.2) is 0 Å². The summed E-state index contributed by atoms with van der Waals surface area (Å²) in [5, 5.41) is 18.3. The highest BCUT2D eigenvalue weighted by molar-refractivity contribution is 5.76. The molecule has 0 amide bonds. The van der Waals surface area contributed by atoms with Gasteiger partial charge in [-0.05, 0) is 62.6 Å². The lowest BCUT2D eigenvalue weighted by atomic mass is 10.0. The van der Waals surface area contributed by atoms with Crippen LogP contribution in [0.3, 0.4) is 0 Å². The topological polar surface area (TPSA) is 69.3 Å². The van der Waals surface area contributed by atoms with Crippen LogP contribution in [0.2, 0.25) is 0 Å². The first kappa shape index (κ1) is 18.7. The van der Waals surface area contributed by atoms with Gasteiger partial charge in [-0.1, -0.05) is 0 Å². The van der Waals surface area contributed by atoms with Crippen molar-refractivity contribution in [3.63, 3.8) is 0 Å². The molecule has 3 aliphatic heterocycles. The molecule has 0 bridgehead atoms. The van der Waals surface area contributed by atoms with E-state index in [0.29, 0.717) is 22.9 Å². The molecule has 3 aliphatic rings. The van der Waals surface area contributed by atoms with Gasteiger partial charge in [0.1, 0.15) is 40.7 Å². The number of rotatable bonds is 2. The fraction of sp³-hybridized carbons (Fsp3) is 0.250. The molecule has 1 aromatic carbocycles. The van der Waals surface area contributed by atoms with Crippen molar-refractivity contribution in [2.45, 2.75) is 26.7 Å². The minimum absolute atomic E-state index is 0.0560. The lowest BCUT2D eigenvalue weighted by Crippen LogP contribution is -2.17.